The van der Waals surface area contributed by atoms with E-state index >= 15 is 0 Å². The maximum Gasteiger partial charge on any atom is 0.313 e. The monoisotopic (exact) mass is 621 g/mol. The van der Waals surface area contributed by atoms with Gasteiger partial charge in [0.2, 0.25) is 17.7 Å². The summed E-state index contributed by atoms with van der Waals surface area (Å²) in [6, 6.07) is 6.96. The van der Waals surface area contributed by atoms with Gasteiger partial charge in [-0.05, 0) is 38.7 Å². The van der Waals surface area contributed by atoms with Crippen LogP contribution in [-0.2, 0) is 28.7 Å². The van der Waals surface area contributed by atoms with Gasteiger partial charge in [-0.1, -0.05) is 74.9 Å². The number of likely N-dealkylation sites (N-methyl/N-ethyl adjacent to an activating group) is 1. The minimum absolute atomic E-state index is 0.0923. The highest BCUT2D eigenvalue weighted by Crippen LogP contribution is 2.56. The molecule has 0 aliphatic carbocycles. The first-order valence-electron chi connectivity index (χ1n) is 16.4. The summed E-state index contributed by atoms with van der Waals surface area (Å²) in [5.74, 6) is -3.35. The largest absolute Gasteiger partial charge is 0.455 e. The molecular formula is C35H47N3O7. The average Bonchev–Trinajstić information content (AvgIpc) is 3.68. The molecule has 1 spiro atoms. The molecule has 4 aliphatic rings. The second kappa shape index (κ2) is 13.5. The van der Waals surface area contributed by atoms with E-state index in [4.69, 9.17) is 9.47 Å². The fourth-order valence-electron chi connectivity index (χ4n) is 7.59. The Bertz CT molecular complexity index is 1330. The number of aliphatic hydroxyl groups is 1. The first kappa shape index (κ1) is 32.9. The third kappa shape index (κ3) is 5.71. The summed E-state index contributed by atoms with van der Waals surface area (Å²) in [5.41, 5.74) is -0.641. The van der Waals surface area contributed by atoms with Gasteiger partial charge < -0.3 is 29.3 Å². The van der Waals surface area contributed by atoms with Gasteiger partial charge in [-0.25, -0.2) is 0 Å². The van der Waals surface area contributed by atoms with Crippen LogP contribution in [0.2, 0.25) is 0 Å². The van der Waals surface area contributed by atoms with Crippen LogP contribution in [-0.4, -0.2) is 99.6 Å². The number of hydrogen-bond acceptors (Lipinski definition) is 7. The summed E-state index contributed by atoms with van der Waals surface area (Å²) in [5, 5.41) is 10.4. The lowest BCUT2D eigenvalue weighted by atomic mass is 9.74. The van der Waals surface area contributed by atoms with Gasteiger partial charge in [0.25, 0.3) is 0 Å². The molecule has 5 rings (SSSR count). The van der Waals surface area contributed by atoms with Gasteiger partial charge in [-0.2, -0.15) is 0 Å². The number of carbonyl (C=O) groups excluding carboxylic acids is 4. The smallest absolute Gasteiger partial charge is 0.313 e. The van der Waals surface area contributed by atoms with Crippen LogP contribution < -0.4 is 0 Å². The summed E-state index contributed by atoms with van der Waals surface area (Å²) in [4.78, 5) is 61.5. The summed E-state index contributed by atoms with van der Waals surface area (Å²) in [6.45, 7) is 7.73. The Morgan fingerprint density at radius 1 is 1.07 bits per heavy atom. The van der Waals surface area contributed by atoms with Crippen molar-refractivity contribution in [3.8, 4) is 0 Å². The van der Waals surface area contributed by atoms with E-state index in [1.807, 2.05) is 63.3 Å². The highest BCUT2D eigenvalue weighted by molar-refractivity contribution is 5.99. The van der Waals surface area contributed by atoms with Crippen molar-refractivity contribution in [3.05, 3.63) is 60.2 Å². The van der Waals surface area contributed by atoms with Crippen molar-refractivity contribution in [2.24, 2.45) is 11.8 Å². The lowest BCUT2D eigenvalue weighted by Crippen LogP contribution is -2.59. The first-order chi connectivity index (χ1) is 21.6. The maximum absolute atomic E-state index is 14.7. The Labute approximate surface area is 266 Å². The van der Waals surface area contributed by atoms with E-state index in [1.54, 1.807) is 29.0 Å². The molecule has 0 saturated carbocycles. The van der Waals surface area contributed by atoms with E-state index in [-0.39, 0.29) is 36.8 Å². The normalized spacial score (nSPS) is 34.2. The van der Waals surface area contributed by atoms with Crippen molar-refractivity contribution in [2.45, 2.75) is 102 Å². The molecule has 45 heavy (non-hydrogen) atoms. The predicted molar refractivity (Wildman–Crippen MR) is 167 cm³/mol. The summed E-state index contributed by atoms with van der Waals surface area (Å²) in [6.07, 6.45) is 8.61. The number of fused-ring (bicyclic) bond motifs is 2. The Hall–Kier alpha value is -3.50. The summed E-state index contributed by atoms with van der Waals surface area (Å²) in [7, 11) is 1.71. The fraction of sp³-hybridized carbons (Fsp3) is 0.600. The minimum atomic E-state index is -1.37. The molecule has 9 atom stereocenters. The average molecular weight is 622 g/mol. The number of aliphatic hydroxyl groups excluding tert-OH is 1. The van der Waals surface area contributed by atoms with Crippen LogP contribution in [0.3, 0.4) is 0 Å². The fourth-order valence-corrected chi connectivity index (χ4v) is 7.59. The number of likely N-dealkylation sites (tertiary alicyclic amines) is 1. The maximum atomic E-state index is 14.7. The van der Waals surface area contributed by atoms with E-state index in [9.17, 15) is 24.3 Å². The molecule has 2 fully saturated rings. The Morgan fingerprint density at radius 2 is 1.80 bits per heavy atom. The molecule has 5 bridgehead atoms. The molecule has 1 aromatic rings. The van der Waals surface area contributed by atoms with Crippen LogP contribution in [0.1, 0.15) is 71.5 Å². The van der Waals surface area contributed by atoms with Crippen molar-refractivity contribution in [1.29, 1.82) is 0 Å². The zero-order valence-electron chi connectivity index (χ0n) is 27.0. The zero-order valence-corrected chi connectivity index (χ0v) is 27.0. The van der Waals surface area contributed by atoms with Crippen molar-refractivity contribution in [1.82, 2.24) is 14.7 Å². The Morgan fingerprint density at radius 3 is 2.47 bits per heavy atom. The van der Waals surface area contributed by atoms with Gasteiger partial charge in [0.1, 0.15) is 23.7 Å². The van der Waals surface area contributed by atoms with E-state index < -0.39 is 53.7 Å². The number of benzene rings is 1. The molecule has 2 saturated heterocycles. The quantitative estimate of drug-likeness (QED) is 0.367. The second-order valence-corrected chi connectivity index (χ2v) is 12.8. The SMILES string of the molecule is CCCC(C)N1C/C=C\CCC(=O)N(C)[C@H](C)[C@@H](c2ccccc2)OC(=O)[C@@H]2[C@@H]3C=C[C@]4(O3)[C@H](C1=O)N([C@@H](CC)CO)C(=O)[C@@H]24. The zero-order chi connectivity index (χ0) is 32.5. The van der Waals surface area contributed by atoms with Crippen molar-refractivity contribution in [2.75, 3.05) is 20.2 Å². The van der Waals surface area contributed by atoms with Crippen LogP contribution in [0.25, 0.3) is 0 Å². The molecule has 1 aromatic carbocycles. The number of amides is 3. The van der Waals surface area contributed by atoms with E-state index in [0.717, 1.165) is 18.4 Å². The summed E-state index contributed by atoms with van der Waals surface area (Å²) >= 11 is 0. The molecule has 0 aromatic heterocycles. The number of nitrogens with zero attached hydrogens (tertiary/aromatic N) is 3. The summed E-state index contributed by atoms with van der Waals surface area (Å²) < 4.78 is 12.8. The third-order valence-electron chi connectivity index (χ3n) is 10.2. The van der Waals surface area contributed by atoms with Gasteiger partial charge >= 0.3 is 5.97 Å². The van der Waals surface area contributed by atoms with Crippen molar-refractivity contribution >= 4 is 23.7 Å². The van der Waals surface area contributed by atoms with Gasteiger partial charge in [0, 0.05) is 26.1 Å². The number of ether oxygens (including phenoxy) is 2. The first-order valence-corrected chi connectivity index (χ1v) is 16.4. The number of carbonyl (C=O) groups is 4. The third-order valence-corrected chi connectivity index (χ3v) is 10.2. The lowest BCUT2D eigenvalue weighted by molar-refractivity contribution is -0.164. The van der Waals surface area contributed by atoms with E-state index in [1.165, 1.54) is 4.90 Å². The minimum Gasteiger partial charge on any atom is -0.455 e. The topological polar surface area (TPSA) is 117 Å². The molecule has 244 valence electrons. The molecule has 0 radical (unpaired) electrons. The number of allylic oxidation sites excluding steroid dienone is 1. The molecule has 10 nitrogen and oxygen atoms in total. The molecule has 3 amide bonds. The number of esters is 1. The molecule has 4 aliphatic heterocycles. The Kier molecular flexibility index (Phi) is 9.84. The van der Waals surface area contributed by atoms with Crippen LogP contribution in [0, 0.1) is 11.8 Å². The number of hydrogen-bond donors (Lipinski definition) is 1. The van der Waals surface area contributed by atoms with Gasteiger partial charge in [0.15, 0.2) is 0 Å². The van der Waals surface area contributed by atoms with Gasteiger partial charge in [-0.3, -0.25) is 19.2 Å². The molecule has 4 heterocycles. The molecule has 1 N–H and O–H groups in total. The van der Waals surface area contributed by atoms with E-state index in [0.29, 0.717) is 19.4 Å². The van der Waals surface area contributed by atoms with Crippen LogP contribution in [0.5, 0.6) is 0 Å². The Balaban J connectivity index is 1.62. The lowest BCUT2D eigenvalue weighted by Gasteiger charge is -2.40. The van der Waals surface area contributed by atoms with E-state index in [2.05, 4.69) is 6.92 Å². The van der Waals surface area contributed by atoms with Crippen LogP contribution >= 0.6 is 0 Å². The molecular weight excluding hydrogens is 574 g/mol. The van der Waals surface area contributed by atoms with Crippen LogP contribution in [0.4, 0.5) is 0 Å². The van der Waals surface area contributed by atoms with Crippen molar-refractivity contribution in [3.63, 3.8) is 0 Å². The predicted octanol–water partition coefficient (Wildman–Crippen LogP) is 3.41. The molecule has 1 unspecified atom stereocenters. The highest BCUT2D eigenvalue weighted by Gasteiger charge is 2.74. The number of rotatable bonds is 7. The van der Waals surface area contributed by atoms with Gasteiger partial charge in [-0.15, -0.1) is 0 Å². The van der Waals surface area contributed by atoms with Crippen molar-refractivity contribution < 1.29 is 33.8 Å². The molecule has 10 heteroatoms. The standard InChI is InChI=1S/C35H47N3O7/c1-6-14-22(3)37-20-13-9-12-17-27(40)36(5)23(4)30(24-15-10-8-11-16-24)44-34(43)28-26-18-19-35(45-26)29(28)32(41)38(25(7-2)21-39)31(35)33(37)42/h8-11,13,15-16,18-19,22-23,25-26,28-31,39H,6-7,12,14,17,20-21H2,1-5H3/b13-9-/t22?,23-,25+,26+,28-,29-,30+,31+,35-/m1/s1. The highest BCUT2D eigenvalue weighted by atomic mass is 16.6. The second-order valence-electron chi connectivity index (χ2n) is 12.8. The van der Waals surface area contributed by atoms with Gasteiger partial charge in [0.05, 0.1) is 30.7 Å². The number of cyclic esters (lactones) is 1. The van der Waals surface area contributed by atoms with Crippen LogP contribution in [0.15, 0.2) is 54.6 Å².